The van der Waals surface area contributed by atoms with Crippen molar-refractivity contribution in [1.29, 1.82) is 0 Å². The fourth-order valence-electron chi connectivity index (χ4n) is 1.03. The molecule has 0 radical (unpaired) electrons. The van der Waals surface area contributed by atoms with Gasteiger partial charge in [-0.05, 0) is 0 Å². The highest BCUT2D eigenvalue weighted by atomic mass is 35.5. The van der Waals surface area contributed by atoms with Crippen molar-refractivity contribution in [3.63, 3.8) is 0 Å². The number of rotatable bonds is 1. The van der Waals surface area contributed by atoms with Gasteiger partial charge >= 0.3 is 0 Å². The average molecular weight is 212 g/mol. The van der Waals surface area contributed by atoms with E-state index >= 15 is 0 Å². The molecule has 0 bridgehead atoms. The fourth-order valence-corrected chi connectivity index (χ4v) is 1.22. The Morgan fingerprint density at radius 1 is 1.57 bits per heavy atom. The Hall–Kier alpha value is -1.69. The molecule has 7 heteroatoms. The molecule has 0 aliphatic heterocycles. The van der Waals surface area contributed by atoms with Crippen LogP contribution in [-0.2, 0) is 0 Å². The van der Waals surface area contributed by atoms with Crippen molar-refractivity contribution < 1.29 is 4.79 Å². The SMILES string of the molecule is CC(=O)c1nc2cc(Cl)nc(N)n2n1. The molecule has 0 aliphatic rings. The second-order valence-corrected chi connectivity index (χ2v) is 3.09. The summed E-state index contributed by atoms with van der Waals surface area (Å²) in [6.07, 6.45) is 0. The molecule has 0 atom stereocenters. The summed E-state index contributed by atoms with van der Waals surface area (Å²) >= 11 is 5.66. The van der Waals surface area contributed by atoms with Crippen LogP contribution in [0.5, 0.6) is 0 Å². The lowest BCUT2D eigenvalue weighted by molar-refractivity contribution is 0.100. The van der Waals surface area contributed by atoms with E-state index in [9.17, 15) is 4.79 Å². The minimum atomic E-state index is -0.232. The first-order valence-corrected chi connectivity index (χ1v) is 4.15. The lowest BCUT2D eigenvalue weighted by Crippen LogP contribution is -2.02. The molecule has 0 saturated carbocycles. The molecule has 0 saturated heterocycles. The summed E-state index contributed by atoms with van der Waals surface area (Å²) in [7, 11) is 0. The van der Waals surface area contributed by atoms with Crippen LogP contribution in [0.2, 0.25) is 5.15 Å². The van der Waals surface area contributed by atoms with E-state index in [2.05, 4.69) is 15.1 Å². The van der Waals surface area contributed by atoms with E-state index in [1.54, 1.807) is 0 Å². The van der Waals surface area contributed by atoms with Crippen molar-refractivity contribution in [3.05, 3.63) is 17.0 Å². The Kier molecular flexibility index (Phi) is 1.85. The molecule has 2 heterocycles. The molecule has 0 unspecified atom stereocenters. The van der Waals surface area contributed by atoms with Crippen LogP contribution in [0.3, 0.4) is 0 Å². The van der Waals surface area contributed by atoms with Crippen LogP contribution >= 0.6 is 11.6 Å². The molecule has 72 valence electrons. The van der Waals surface area contributed by atoms with Gasteiger partial charge in [0, 0.05) is 13.0 Å². The minimum absolute atomic E-state index is 0.0979. The second-order valence-electron chi connectivity index (χ2n) is 2.70. The number of aromatic nitrogens is 4. The maximum absolute atomic E-state index is 11.0. The van der Waals surface area contributed by atoms with Gasteiger partial charge in [0.2, 0.25) is 11.8 Å². The van der Waals surface area contributed by atoms with Gasteiger partial charge < -0.3 is 5.73 Å². The molecule has 0 amide bonds. The van der Waals surface area contributed by atoms with Gasteiger partial charge in [-0.1, -0.05) is 11.6 Å². The zero-order valence-electron chi connectivity index (χ0n) is 7.23. The number of nitrogen functional groups attached to an aromatic ring is 1. The van der Waals surface area contributed by atoms with Crippen LogP contribution in [0.4, 0.5) is 5.95 Å². The fraction of sp³-hybridized carbons (Fsp3) is 0.143. The van der Waals surface area contributed by atoms with Crippen molar-refractivity contribution in [2.75, 3.05) is 5.73 Å². The van der Waals surface area contributed by atoms with Crippen LogP contribution < -0.4 is 5.73 Å². The molecule has 2 rings (SSSR count). The van der Waals surface area contributed by atoms with E-state index < -0.39 is 0 Å². The molecular weight excluding hydrogens is 206 g/mol. The van der Waals surface area contributed by atoms with E-state index in [0.29, 0.717) is 5.65 Å². The first-order valence-electron chi connectivity index (χ1n) is 3.77. The Balaban J connectivity index is 2.76. The summed E-state index contributed by atoms with van der Waals surface area (Å²) in [5, 5.41) is 4.08. The van der Waals surface area contributed by atoms with Gasteiger partial charge in [0.25, 0.3) is 0 Å². The predicted molar refractivity (Wildman–Crippen MR) is 50.2 cm³/mol. The Labute approximate surface area is 83.7 Å². The van der Waals surface area contributed by atoms with Gasteiger partial charge in [-0.3, -0.25) is 4.79 Å². The third-order valence-corrected chi connectivity index (χ3v) is 1.83. The number of nitrogens with two attached hydrogens (primary N) is 1. The molecule has 2 aromatic heterocycles. The van der Waals surface area contributed by atoms with E-state index in [0.717, 1.165) is 0 Å². The summed E-state index contributed by atoms with van der Waals surface area (Å²) < 4.78 is 1.27. The molecule has 0 aliphatic carbocycles. The summed E-state index contributed by atoms with van der Waals surface area (Å²) in [5.41, 5.74) is 5.93. The summed E-state index contributed by atoms with van der Waals surface area (Å²) in [4.78, 5) is 18.7. The maximum atomic E-state index is 11.0. The van der Waals surface area contributed by atoms with E-state index in [-0.39, 0.29) is 22.7 Å². The molecule has 2 N–H and O–H groups in total. The number of Topliss-reactive ketones (excluding diaryl/α,β-unsaturated/α-hetero) is 1. The molecule has 2 aromatic rings. The molecular formula is C7H6ClN5O. The molecule has 0 aromatic carbocycles. The second kappa shape index (κ2) is 2.91. The van der Waals surface area contributed by atoms with E-state index in [1.165, 1.54) is 17.5 Å². The van der Waals surface area contributed by atoms with Gasteiger partial charge in [0.15, 0.2) is 11.4 Å². The highest BCUT2D eigenvalue weighted by Gasteiger charge is 2.10. The normalized spacial score (nSPS) is 10.7. The van der Waals surface area contributed by atoms with E-state index in [4.69, 9.17) is 17.3 Å². The quantitative estimate of drug-likeness (QED) is 0.550. The number of anilines is 1. The van der Waals surface area contributed by atoms with Crippen LogP contribution in [0, 0.1) is 0 Å². The van der Waals surface area contributed by atoms with Crippen molar-refractivity contribution in [3.8, 4) is 0 Å². The van der Waals surface area contributed by atoms with Gasteiger partial charge in [-0.2, -0.15) is 4.52 Å². The van der Waals surface area contributed by atoms with Gasteiger partial charge in [0.1, 0.15) is 5.15 Å². The van der Waals surface area contributed by atoms with Gasteiger partial charge in [0.05, 0.1) is 0 Å². The maximum Gasteiger partial charge on any atom is 0.224 e. The lowest BCUT2D eigenvalue weighted by Gasteiger charge is -1.95. The average Bonchev–Trinajstić information content (AvgIpc) is 2.47. The number of carbonyl (C=O) groups is 1. The Bertz CT molecular complexity index is 520. The van der Waals surface area contributed by atoms with Crippen LogP contribution in [0.1, 0.15) is 17.5 Å². The lowest BCUT2D eigenvalue weighted by atomic mass is 10.4. The number of fused-ring (bicyclic) bond motifs is 1. The summed E-state index contributed by atoms with van der Waals surface area (Å²) in [6.45, 7) is 1.37. The summed E-state index contributed by atoms with van der Waals surface area (Å²) in [6, 6.07) is 1.48. The zero-order valence-corrected chi connectivity index (χ0v) is 7.99. The van der Waals surface area contributed by atoms with Crippen molar-refractivity contribution in [2.24, 2.45) is 0 Å². The number of hydrogen-bond donors (Lipinski definition) is 1. The zero-order chi connectivity index (χ0) is 10.3. The topological polar surface area (TPSA) is 86.2 Å². The predicted octanol–water partition coefficient (Wildman–Crippen LogP) is 0.562. The van der Waals surface area contributed by atoms with Crippen LogP contribution in [-0.4, -0.2) is 25.4 Å². The number of hydrogen-bond acceptors (Lipinski definition) is 5. The van der Waals surface area contributed by atoms with Crippen LogP contribution in [0.25, 0.3) is 5.65 Å². The smallest absolute Gasteiger partial charge is 0.224 e. The third-order valence-electron chi connectivity index (χ3n) is 1.63. The Morgan fingerprint density at radius 2 is 2.29 bits per heavy atom. The van der Waals surface area contributed by atoms with Crippen LogP contribution in [0.15, 0.2) is 6.07 Å². The molecule has 0 fully saturated rings. The van der Waals surface area contributed by atoms with Gasteiger partial charge in [-0.15, -0.1) is 5.10 Å². The number of nitrogens with zero attached hydrogens (tertiary/aromatic N) is 4. The van der Waals surface area contributed by atoms with Crippen molar-refractivity contribution in [1.82, 2.24) is 19.6 Å². The van der Waals surface area contributed by atoms with Crippen molar-refractivity contribution >= 4 is 29.0 Å². The molecule has 0 spiro atoms. The molecule has 6 nitrogen and oxygen atoms in total. The largest absolute Gasteiger partial charge is 0.368 e. The first-order chi connectivity index (χ1) is 6.58. The highest BCUT2D eigenvalue weighted by molar-refractivity contribution is 6.29. The molecule has 14 heavy (non-hydrogen) atoms. The number of halogens is 1. The number of carbonyl (C=O) groups excluding carboxylic acids is 1. The third kappa shape index (κ3) is 1.29. The van der Waals surface area contributed by atoms with Gasteiger partial charge in [-0.25, -0.2) is 9.97 Å². The van der Waals surface area contributed by atoms with E-state index in [1.807, 2.05) is 0 Å². The Morgan fingerprint density at radius 3 is 2.93 bits per heavy atom. The first kappa shape index (κ1) is 8.89. The standard InChI is InChI=1S/C7H6ClN5O/c1-3(14)6-11-5-2-4(8)10-7(9)13(5)12-6/h2H,1H3,(H2,9,10). The highest BCUT2D eigenvalue weighted by Crippen LogP contribution is 2.12. The van der Waals surface area contributed by atoms with Crippen molar-refractivity contribution in [2.45, 2.75) is 6.92 Å². The monoisotopic (exact) mass is 211 g/mol. The number of ketones is 1. The summed E-state index contributed by atoms with van der Waals surface area (Å²) in [5.74, 6) is -0.0301. The minimum Gasteiger partial charge on any atom is -0.368 e.